The molecule has 1 aromatic carbocycles. The molecule has 1 aromatic rings. The summed E-state index contributed by atoms with van der Waals surface area (Å²) in [6.45, 7) is 7.16. The summed E-state index contributed by atoms with van der Waals surface area (Å²) in [5.41, 5.74) is 0.714. The van der Waals surface area contributed by atoms with E-state index in [9.17, 15) is 13.2 Å². The van der Waals surface area contributed by atoms with Crippen molar-refractivity contribution in [3.8, 4) is 0 Å². The molecule has 0 spiro atoms. The van der Waals surface area contributed by atoms with Crippen molar-refractivity contribution in [2.75, 3.05) is 11.1 Å². The fraction of sp³-hybridized carbons (Fsp3) is 0.500. The van der Waals surface area contributed by atoms with Crippen molar-refractivity contribution in [2.24, 2.45) is 0 Å². The molecule has 0 aliphatic heterocycles. The fourth-order valence-corrected chi connectivity index (χ4v) is 2.53. The van der Waals surface area contributed by atoms with Gasteiger partial charge in [0.2, 0.25) is 5.91 Å². The van der Waals surface area contributed by atoms with Crippen molar-refractivity contribution in [1.29, 1.82) is 0 Å². The summed E-state index contributed by atoms with van der Waals surface area (Å²) < 4.78 is 23.4. The van der Waals surface area contributed by atoms with Gasteiger partial charge in [0.15, 0.2) is 9.84 Å². The highest BCUT2D eigenvalue weighted by Crippen LogP contribution is 2.16. The van der Waals surface area contributed by atoms with Crippen molar-refractivity contribution in [1.82, 2.24) is 5.32 Å². The summed E-state index contributed by atoms with van der Waals surface area (Å²) in [6.07, 6.45) is 0. The number of hydrogen-bond acceptors (Lipinski definition) is 4. The van der Waals surface area contributed by atoms with Crippen LogP contribution in [0.15, 0.2) is 29.2 Å². The normalized spacial score (nSPS) is 13.1. The third-order valence-corrected chi connectivity index (χ3v) is 4.55. The Morgan fingerprint density at radius 1 is 1.15 bits per heavy atom. The van der Waals surface area contributed by atoms with E-state index in [0.717, 1.165) is 0 Å². The highest BCUT2D eigenvalue weighted by atomic mass is 32.2. The number of carbonyl (C=O) groups is 1. The van der Waals surface area contributed by atoms with Crippen molar-refractivity contribution < 1.29 is 13.2 Å². The van der Waals surface area contributed by atoms with Crippen LogP contribution < -0.4 is 10.6 Å². The number of hydrogen-bond donors (Lipinski definition) is 2. The third kappa shape index (κ3) is 4.52. The smallest absolute Gasteiger partial charge is 0.242 e. The van der Waals surface area contributed by atoms with Crippen LogP contribution in [0.4, 0.5) is 5.69 Å². The second-order valence-electron chi connectivity index (χ2n) is 4.96. The molecule has 1 atom stereocenters. The van der Waals surface area contributed by atoms with E-state index >= 15 is 0 Å². The van der Waals surface area contributed by atoms with Gasteiger partial charge in [-0.1, -0.05) is 6.92 Å². The van der Waals surface area contributed by atoms with Crippen LogP contribution >= 0.6 is 0 Å². The van der Waals surface area contributed by atoms with Gasteiger partial charge in [0.25, 0.3) is 0 Å². The minimum absolute atomic E-state index is 0.0764. The van der Waals surface area contributed by atoms with E-state index in [1.165, 1.54) is 0 Å². The Kier molecular flexibility index (Phi) is 5.56. The van der Waals surface area contributed by atoms with Crippen LogP contribution in [0.5, 0.6) is 0 Å². The summed E-state index contributed by atoms with van der Waals surface area (Å²) in [5.74, 6) is -0.0160. The van der Waals surface area contributed by atoms with Gasteiger partial charge in [-0.3, -0.25) is 4.79 Å². The first-order valence-corrected chi connectivity index (χ1v) is 8.31. The molecule has 0 saturated heterocycles. The monoisotopic (exact) mass is 298 g/mol. The van der Waals surface area contributed by atoms with Crippen molar-refractivity contribution in [3.05, 3.63) is 24.3 Å². The SMILES string of the molecule is CCS(=O)(=O)c1ccc(NC(C)C(=O)NC(C)C)cc1. The average molecular weight is 298 g/mol. The number of anilines is 1. The van der Waals surface area contributed by atoms with E-state index in [4.69, 9.17) is 0 Å². The Morgan fingerprint density at radius 3 is 2.15 bits per heavy atom. The molecule has 0 radical (unpaired) electrons. The number of nitrogens with one attached hydrogen (secondary N) is 2. The van der Waals surface area contributed by atoms with Gasteiger partial charge in [-0.05, 0) is 45.0 Å². The second kappa shape index (κ2) is 6.74. The minimum Gasteiger partial charge on any atom is -0.374 e. The first kappa shape index (κ1) is 16.5. The van der Waals surface area contributed by atoms with Gasteiger partial charge in [0.1, 0.15) is 6.04 Å². The highest BCUT2D eigenvalue weighted by molar-refractivity contribution is 7.91. The molecule has 1 unspecified atom stereocenters. The first-order chi connectivity index (χ1) is 9.26. The standard InChI is InChI=1S/C14H22N2O3S/c1-5-20(18,19)13-8-6-12(7-9-13)16-11(4)14(17)15-10(2)3/h6-11,16H,5H2,1-4H3,(H,15,17). The van der Waals surface area contributed by atoms with Crippen LogP contribution in [0.3, 0.4) is 0 Å². The van der Waals surface area contributed by atoms with Gasteiger partial charge in [-0.25, -0.2) is 8.42 Å². The molecule has 0 aliphatic carbocycles. The molecule has 0 bridgehead atoms. The predicted octanol–water partition coefficient (Wildman–Crippen LogP) is 1.81. The maximum Gasteiger partial charge on any atom is 0.242 e. The average Bonchev–Trinajstić information content (AvgIpc) is 2.38. The molecule has 6 heteroatoms. The molecule has 0 heterocycles. The van der Waals surface area contributed by atoms with Gasteiger partial charge < -0.3 is 10.6 Å². The Hall–Kier alpha value is -1.56. The molecule has 1 amide bonds. The summed E-state index contributed by atoms with van der Waals surface area (Å²) in [5, 5.41) is 5.85. The lowest BCUT2D eigenvalue weighted by molar-refractivity contribution is -0.122. The molecule has 0 saturated carbocycles. The summed E-state index contributed by atoms with van der Waals surface area (Å²) in [7, 11) is -3.18. The Bertz CT molecular complexity index is 550. The molecular formula is C14H22N2O3S. The lowest BCUT2D eigenvalue weighted by atomic mass is 10.2. The van der Waals surface area contributed by atoms with Crippen LogP contribution in [-0.2, 0) is 14.6 Å². The second-order valence-corrected chi connectivity index (χ2v) is 7.24. The van der Waals surface area contributed by atoms with Crippen LogP contribution in [0.25, 0.3) is 0 Å². The number of carbonyl (C=O) groups excluding carboxylic acids is 1. The summed E-state index contributed by atoms with van der Waals surface area (Å²) in [6, 6.07) is 6.14. The van der Waals surface area contributed by atoms with Gasteiger partial charge in [0, 0.05) is 11.7 Å². The van der Waals surface area contributed by atoms with Crippen LogP contribution in [0.2, 0.25) is 0 Å². The summed E-state index contributed by atoms with van der Waals surface area (Å²) >= 11 is 0. The molecule has 0 aromatic heterocycles. The molecule has 112 valence electrons. The topological polar surface area (TPSA) is 75.3 Å². The van der Waals surface area contributed by atoms with Crippen LogP contribution in [0, 0.1) is 0 Å². The number of sulfone groups is 1. The van der Waals surface area contributed by atoms with Crippen molar-refractivity contribution in [2.45, 2.75) is 44.7 Å². The van der Waals surface area contributed by atoms with Gasteiger partial charge in [-0.15, -0.1) is 0 Å². The van der Waals surface area contributed by atoms with E-state index in [2.05, 4.69) is 10.6 Å². The molecular weight excluding hydrogens is 276 g/mol. The van der Waals surface area contributed by atoms with Crippen LogP contribution in [0.1, 0.15) is 27.7 Å². The maximum atomic E-state index is 11.8. The predicted molar refractivity (Wildman–Crippen MR) is 80.5 cm³/mol. The number of rotatable bonds is 6. The molecule has 1 rings (SSSR count). The zero-order valence-corrected chi connectivity index (χ0v) is 13.1. The molecule has 2 N–H and O–H groups in total. The summed E-state index contributed by atoms with van der Waals surface area (Å²) in [4.78, 5) is 12.1. The Morgan fingerprint density at radius 2 is 1.70 bits per heavy atom. The lowest BCUT2D eigenvalue weighted by Gasteiger charge is -2.17. The maximum absolute atomic E-state index is 11.8. The van der Waals surface area contributed by atoms with E-state index in [0.29, 0.717) is 10.6 Å². The highest BCUT2D eigenvalue weighted by Gasteiger charge is 2.14. The van der Waals surface area contributed by atoms with Gasteiger partial charge in [0.05, 0.1) is 10.6 Å². The van der Waals surface area contributed by atoms with Crippen molar-refractivity contribution >= 4 is 21.4 Å². The van der Waals surface area contributed by atoms with E-state index in [-0.39, 0.29) is 23.7 Å². The number of benzene rings is 1. The van der Waals surface area contributed by atoms with Crippen molar-refractivity contribution in [3.63, 3.8) is 0 Å². The lowest BCUT2D eigenvalue weighted by Crippen LogP contribution is -2.40. The van der Waals surface area contributed by atoms with Crippen LogP contribution in [-0.4, -0.2) is 32.2 Å². The number of amides is 1. The third-order valence-electron chi connectivity index (χ3n) is 2.80. The van der Waals surface area contributed by atoms with E-state index < -0.39 is 9.84 Å². The molecule has 0 aliphatic rings. The minimum atomic E-state index is -3.18. The Balaban J connectivity index is 2.73. The first-order valence-electron chi connectivity index (χ1n) is 6.66. The fourth-order valence-electron chi connectivity index (χ4n) is 1.65. The molecule has 5 nitrogen and oxygen atoms in total. The quantitative estimate of drug-likeness (QED) is 0.840. The van der Waals surface area contributed by atoms with E-state index in [1.807, 2.05) is 13.8 Å². The zero-order chi connectivity index (χ0) is 15.3. The molecule has 0 fully saturated rings. The Labute approximate surface area is 120 Å². The zero-order valence-electron chi connectivity index (χ0n) is 12.3. The van der Waals surface area contributed by atoms with Gasteiger partial charge >= 0.3 is 0 Å². The molecule has 20 heavy (non-hydrogen) atoms. The van der Waals surface area contributed by atoms with E-state index in [1.54, 1.807) is 38.1 Å². The largest absolute Gasteiger partial charge is 0.374 e. The van der Waals surface area contributed by atoms with Gasteiger partial charge in [-0.2, -0.15) is 0 Å².